The molecule has 2 aliphatic rings. The lowest BCUT2D eigenvalue weighted by Gasteiger charge is -2.30. The minimum atomic E-state index is -0.469. The Hall–Kier alpha value is -1.48. The fraction of sp³-hybridized carbons (Fsp3) is 0.526. The number of ether oxygens (including phenoxy) is 1. The topological polar surface area (TPSA) is 29.5 Å². The molecule has 124 valence electrons. The van der Waals surface area contributed by atoms with Crippen LogP contribution in [0.4, 0.5) is 4.79 Å². The first-order valence-corrected chi connectivity index (χ1v) is 8.70. The Labute approximate surface area is 143 Å². The van der Waals surface area contributed by atoms with Gasteiger partial charge in [-0.05, 0) is 80.9 Å². The van der Waals surface area contributed by atoms with Crippen LogP contribution in [0.1, 0.15) is 50.3 Å². The molecule has 0 fully saturated rings. The number of fused-ring (bicyclic) bond motifs is 1. The van der Waals surface area contributed by atoms with Gasteiger partial charge in [0.2, 0.25) is 0 Å². The third-order valence-corrected chi connectivity index (χ3v) is 4.64. The maximum absolute atomic E-state index is 12.3. The van der Waals surface area contributed by atoms with Crippen LogP contribution in [0.2, 0.25) is 5.02 Å². The summed E-state index contributed by atoms with van der Waals surface area (Å²) in [7, 11) is 0. The molecular formula is C19H24ClNO2. The van der Waals surface area contributed by atoms with E-state index in [9.17, 15) is 4.79 Å². The molecule has 1 heterocycles. The smallest absolute Gasteiger partial charge is 0.410 e. The van der Waals surface area contributed by atoms with E-state index < -0.39 is 5.60 Å². The lowest BCUT2D eigenvalue weighted by atomic mass is 9.97. The minimum absolute atomic E-state index is 0.250. The molecule has 1 aliphatic carbocycles. The lowest BCUT2D eigenvalue weighted by Crippen LogP contribution is -2.39. The highest BCUT2D eigenvalue weighted by Crippen LogP contribution is 2.33. The molecule has 0 aromatic heterocycles. The first kappa shape index (κ1) is 16.4. The Morgan fingerprint density at radius 1 is 1.22 bits per heavy atom. The van der Waals surface area contributed by atoms with Crippen molar-refractivity contribution in [2.24, 2.45) is 0 Å². The fourth-order valence-electron chi connectivity index (χ4n) is 3.26. The number of aryl methyl sites for hydroxylation is 2. The largest absolute Gasteiger partial charge is 0.444 e. The molecule has 0 saturated heterocycles. The third-order valence-electron chi connectivity index (χ3n) is 4.33. The van der Waals surface area contributed by atoms with Gasteiger partial charge in [0.15, 0.2) is 0 Å². The van der Waals surface area contributed by atoms with Crippen LogP contribution in [-0.2, 0) is 17.6 Å². The highest BCUT2D eigenvalue weighted by atomic mass is 35.5. The number of amides is 1. The number of nitrogens with zero attached hydrogens (tertiary/aromatic N) is 1. The Balaban J connectivity index is 1.79. The van der Waals surface area contributed by atoms with Crippen LogP contribution in [0.25, 0.3) is 5.57 Å². The minimum Gasteiger partial charge on any atom is -0.444 e. The van der Waals surface area contributed by atoms with Crippen molar-refractivity contribution in [1.82, 2.24) is 4.90 Å². The van der Waals surface area contributed by atoms with Crippen molar-refractivity contribution >= 4 is 23.3 Å². The van der Waals surface area contributed by atoms with Crippen molar-refractivity contribution in [3.05, 3.63) is 39.9 Å². The van der Waals surface area contributed by atoms with Gasteiger partial charge in [-0.2, -0.15) is 0 Å². The van der Waals surface area contributed by atoms with Crippen LogP contribution in [0.3, 0.4) is 0 Å². The molecule has 4 heteroatoms. The normalized spacial score (nSPS) is 17.7. The zero-order valence-corrected chi connectivity index (χ0v) is 14.9. The Morgan fingerprint density at radius 3 is 2.61 bits per heavy atom. The van der Waals surface area contributed by atoms with Crippen LogP contribution in [-0.4, -0.2) is 29.7 Å². The van der Waals surface area contributed by atoms with Crippen molar-refractivity contribution in [2.45, 2.75) is 52.1 Å². The second kappa shape index (κ2) is 6.20. The predicted molar refractivity (Wildman–Crippen MR) is 93.9 cm³/mol. The summed E-state index contributed by atoms with van der Waals surface area (Å²) >= 11 is 6.50. The maximum Gasteiger partial charge on any atom is 0.410 e. The van der Waals surface area contributed by atoms with Crippen molar-refractivity contribution < 1.29 is 9.53 Å². The Kier molecular flexibility index (Phi) is 4.41. The number of benzene rings is 1. The van der Waals surface area contributed by atoms with E-state index >= 15 is 0 Å². The molecule has 1 amide bonds. The van der Waals surface area contributed by atoms with E-state index in [4.69, 9.17) is 16.3 Å². The summed E-state index contributed by atoms with van der Waals surface area (Å²) in [5.41, 5.74) is 4.50. The van der Waals surface area contributed by atoms with E-state index in [1.807, 2.05) is 20.8 Å². The first-order valence-electron chi connectivity index (χ1n) is 8.32. The van der Waals surface area contributed by atoms with E-state index in [1.165, 1.54) is 17.5 Å². The number of hydrogen-bond donors (Lipinski definition) is 0. The summed E-state index contributed by atoms with van der Waals surface area (Å²) in [6, 6.07) is 4.32. The molecule has 1 aromatic carbocycles. The quantitative estimate of drug-likeness (QED) is 0.735. The summed E-state index contributed by atoms with van der Waals surface area (Å²) in [5.74, 6) is 0. The van der Waals surface area contributed by atoms with Gasteiger partial charge in [0.25, 0.3) is 0 Å². The lowest BCUT2D eigenvalue weighted by molar-refractivity contribution is 0.0273. The van der Waals surface area contributed by atoms with Gasteiger partial charge in [0.05, 0.1) is 0 Å². The SMILES string of the molecule is CC(C)(C)OC(=O)N1CCC=C(c2cc3c(cc2Cl)CCC3)C1. The molecule has 0 unspecified atom stereocenters. The van der Waals surface area contributed by atoms with Crippen LogP contribution in [0.5, 0.6) is 0 Å². The highest BCUT2D eigenvalue weighted by molar-refractivity contribution is 6.32. The molecule has 1 aromatic rings. The van der Waals surface area contributed by atoms with E-state index in [0.29, 0.717) is 13.1 Å². The highest BCUT2D eigenvalue weighted by Gasteiger charge is 2.26. The number of carbonyl (C=O) groups is 1. The van der Waals surface area contributed by atoms with Crippen molar-refractivity contribution in [3.63, 3.8) is 0 Å². The van der Waals surface area contributed by atoms with E-state index in [2.05, 4.69) is 18.2 Å². The fourth-order valence-corrected chi connectivity index (χ4v) is 3.57. The molecule has 0 spiro atoms. The van der Waals surface area contributed by atoms with E-state index in [0.717, 1.165) is 35.4 Å². The van der Waals surface area contributed by atoms with Gasteiger partial charge in [-0.25, -0.2) is 4.79 Å². The van der Waals surface area contributed by atoms with Gasteiger partial charge in [-0.1, -0.05) is 17.7 Å². The Bertz CT molecular complexity index is 658. The van der Waals surface area contributed by atoms with Crippen LogP contribution in [0, 0.1) is 0 Å². The van der Waals surface area contributed by atoms with E-state index in [-0.39, 0.29) is 6.09 Å². The molecule has 0 saturated carbocycles. The monoisotopic (exact) mass is 333 g/mol. The van der Waals surface area contributed by atoms with Crippen LogP contribution >= 0.6 is 11.6 Å². The third kappa shape index (κ3) is 3.72. The van der Waals surface area contributed by atoms with Gasteiger partial charge in [0.1, 0.15) is 5.60 Å². The standard InChI is InChI=1S/C19H24ClNO2/c1-19(2,3)23-18(22)21-9-5-8-15(12-21)16-10-13-6-4-7-14(13)11-17(16)20/h8,10-11H,4-7,9,12H2,1-3H3. The first-order chi connectivity index (χ1) is 10.8. The van der Waals surface area contributed by atoms with Gasteiger partial charge >= 0.3 is 6.09 Å². The summed E-state index contributed by atoms with van der Waals surface area (Å²) in [4.78, 5) is 14.1. The summed E-state index contributed by atoms with van der Waals surface area (Å²) in [6.45, 7) is 6.93. The zero-order chi connectivity index (χ0) is 16.6. The van der Waals surface area contributed by atoms with Crippen LogP contribution in [0.15, 0.2) is 18.2 Å². The van der Waals surface area contributed by atoms with E-state index in [1.54, 1.807) is 4.90 Å². The zero-order valence-electron chi connectivity index (χ0n) is 14.1. The summed E-state index contributed by atoms with van der Waals surface area (Å²) in [6.07, 6.45) is 6.24. The molecule has 0 atom stereocenters. The molecule has 3 nitrogen and oxygen atoms in total. The van der Waals surface area contributed by atoms with Gasteiger partial charge in [0, 0.05) is 18.1 Å². The molecule has 0 N–H and O–H groups in total. The average Bonchev–Trinajstić information content (AvgIpc) is 2.92. The van der Waals surface area contributed by atoms with Gasteiger partial charge in [-0.3, -0.25) is 0 Å². The summed E-state index contributed by atoms with van der Waals surface area (Å²) < 4.78 is 5.49. The number of rotatable bonds is 1. The van der Waals surface area contributed by atoms with Crippen molar-refractivity contribution in [3.8, 4) is 0 Å². The van der Waals surface area contributed by atoms with Crippen molar-refractivity contribution in [1.29, 1.82) is 0 Å². The maximum atomic E-state index is 12.3. The van der Waals surface area contributed by atoms with Gasteiger partial charge in [-0.15, -0.1) is 0 Å². The summed E-state index contributed by atoms with van der Waals surface area (Å²) in [5, 5.41) is 0.794. The molecule has 3 rings (SSSR count). The molecule has 0 bridgehead atoms. The number of halogens is 1. The van der Waals surface area contributed by atoms with Crippen LogP contribution < -0.4 is 0 Å². The average molecular weight is 334 g/mol. The molecule has 23 heavy (non-hydrogen) atoms. The molecular weight excluding hydrogens is 310 g/mol. The molecule has 0 radical (unpaired) electrons. The Morgan fingerprint density at radius 2 is 1.91 bits per heavy atom. The second-order valence-electron chi connectivity index (χ2n) is 7.37. The predicted octanol–water partition coefficient (Wildman–Crippen LogP) is 4.85. The van der Waals surface area contributed by atoms with Crippen molar-refractivity contribution in [2.75, 3.05) is 13.1 Å². The molecule has 1 aliphatic heterocycles. The number of hydrogen-bond acceptors (Lipinski definition) is 2. The second-order valence-corrected chi connectivity index (χ2v) is 7.78. The number of carbonyl (C=O) groups excluding carboxylic acids is 1. The van der Waals surface area contributed by atoms with Gasteiger partial charge < -0.3 is 9.64 Å².